The first kappa shape index (κ1) is 15.6. The lowest BCUT2D eigenvalue weighted by Gasteiger charge is -2.12. The van der Waals surface area contributed by atoms with E-state index in [-0.39, 0.29) is 17.0 Å². The third-order valence-corrected chi connectivity index (χ3v) is 4.93. The van der Waals surface area contributed by atoms with E-state index < -0.39 is 21.9 Å². The van der Waals surface area contributed by atoms with E-state index in [4.69, 9.17) is 5.26 Å². The monoisotopic (exact) mass is 326 g/mol. The fourth-order valence-corrected chi connectivity index (χ4v) is 3.55. The van der Waals surface area contributed by atoms with Gasteiger partial charge in [0.2, 0.25) is 10.0 Å². The molecular weight excluding hydrogens is 315 g/mol. The van der Waals surface area contributed by atoms with Gasteiger partial charge >= 0.3 is 0 Å². The summed E-state index contributed by atoms with van der Waals surface area (Å²) in [6.45, 7) is -0.235. The van der Waals surface area contributed by atoms with Crippen LogP contribution in [-0.4, -0.2) is 20.1 Å². The Morgan fingerprint density at radius 2 is 2.19 bits per heavy atom. The summed E-state index contributed by atoms with van der Waals surface area (Å²) in [5, 5.41) is 22.2. The molecule has 2 N–H and O–H groups in total. The molecule has 0 unspecified atom stereocenters. The molecule has 0 radical (unpaired) electrons. The average molecular weight is 326 g/mol. The normalized spacial score (nSPS) is 12.8. The number of hydrogen-bond donors (Lipinski definition) is 2. The Kier molecular flexibility index (Phi) is 4.69. The van der Waals surface area contributed by atoms with Crippen molar-refractivity contribution in [2.75, 3.05) is 6.54 Å². The summed E-state index contributed by atoms with van der Waals surface area (Å²) >= 11 is 1.38. The van der Waals surface area contributed by atoms with Gasteiger partial charge < -0.3 is 5.11 Å². The van der Waals surface area contributed by atoms with E-state index in [2.05, 4.69) is 4.72 Å². The summed E-state index contributed by atoms with van der Waals surface area (Å²) in [5.41, 5.74) is 0.315. The van der Waals surface area contributed by atoms with Gasteiger partial charge in [-0.05, 0) is 40.6 Å². The second-order valence-corrected chi connectivity index (χ2v) is 6.69. The maximum Gasteiger partial charge on any atom is 0.241 e. The van der Waals surface area contributed by atoms with E-state index in [0.29, 0.717) is 5.56 Å². The summed E-state index contributed by atoms with van der Waals surface area (Å²) in [6.07, 6.45) is -0.989. The highest BCUT2D eigenvalue weighted by Crippen LogP contribution is 2.19. The first-order valence-corrected chi connectivity index (χ1v) is 8.26. The van der Waals surface area contributed by atoms with Crippen LogP contribution >= 0.6 is 11.3 Å². The average Bonchev–Trinajstić information content (AvgIpc) is 2.98. The number of rotatable bonds is 5. The number of nitrogens with zero attached hydrogens (tertiary/aromatic N) is 1. The van der Waals surface area contributed by atoms with E-state index in [9.17, 15) is 17.9 Å². The van der Waals surface area contributed by atoms with Gasteiger partial charge in [-0.1, -0.05) is 0 Å². The van der Waals surface area contributed by atoms with Gasteiger partial charge in [0.25, 0.3) is 0 Å². The molecule has 0 aliphatic rings. The van der Waals surface area contributed by atoms with Crippen LogP contribution in [0, 0.1) is 17.1 Å². The second kappa shape index (κ2) is 6.32. The zero-order valence-electron chi connectivity index (χ0n) is 10.7. The molecule has 5 nitrogen and oxygen atoms in total. The highest BCUT2D eigenvalue weighted by molar-refractivity contribution is 7.89. The third-order valence-electron chi connectivity index (χ3n) is 2.75. The van der Waals surface area contributed by atoms with Gasteiger partial charge in [-0.15, -0.1) is 0 Å². The first-order chi connectivity index (χ1) is 9.94. The molecule has 110 valence electrons. The number of aliphatic hydroxyl groups excluding tert-OH is 1. The van der Waals surface area contributed by atoms with Crippen LogP contribution in [0.5, 0.6) is 0 Å². The van der Waals surface area contributed by atoms with Crippen LogP contribution in [0.15, 0.2) is 39.9 Å². The van der Waals surface area contributed by atoms with Crippen LogP contribution in [0.25, 0.3) is 0 Å². The zero-order valence-corrected chi connectivity index (χ0v) is 12.3. The Hall–Kier alpha value is -1.79. The van der Waals surface area contributed by atoms with E-state index in [1.807, 2.05) is 0 Å². The Labute approximate surface area is 125 Å². The molecule has 0 saturated carbocycles. The first-order valence-electron chi connectivity index (χ1n) is 5.83. The number of benzene rings is 1. The number of nitriles is 1. The smallest absolute Gasteiger partial charge is 0.241 e. The second-order valence-electron chi connectivity index (χ2n) is 4.18. The number of thiophene rings is 1. The quantitative estimate of drug-likeness (QED) is 0.876. The van der Waals surface area contributed by atoms with Crippen molar-refractivity contribution in [2.24, 2.45) is 0 Å². The van der Waals surface area contributed by atoms with Gasteiger partial charge in [0, 0.05) is 6.54 Å². The number of sulfonamides is 1. The minimum atomic E-state index is -4.00. The summed E-state index contributed by atoms with van der Waals surface area (Å²) in [4.78, 5) is -0.316. The molecule has 8 heteroatoms. The van der Waals surface area contributed by atoms with Crippen molar-refractivity contribution in [1.82, 2.24) is 4.72 Å². The molecule has 1 aromatic heterocycles. The van der Waals surface area contributed by atoms with Crippen LogP contribution in [0.1, 0.15) is 17.2 Å². The van der Waals surface area contributed by atoms with E-state index in [1.54, 1.807) is 22.9 Å². The molecule has 0 saturated heterocycles. The molecule has 1 heterocycles. The van der Waals surface area contributed by atoms with Gasteiger partial charge in [-0.3, -0.25) is 0 Å². The van der Waals surface area contributed by atoms with Crippen molar-refractivity contribution in [3.63, 3.8) is 0 Å². The van der Waals surface area contributed by atoms with Crippen molar-refractivity contribution in [1.29, 1.82) is 5.26 Å². The lowest BCUT2D eigenvalue weighted by molar-refractivity contribution is 0.182. The largest absolute Gasteiger partial charge is 0.387 e. The number of nitrogens with one attached hydrogen (secondary N) is 1. The summed E-state index contributed by atoms with van der Waals surface area (Å²) in [6, 6.07) is 6.16. The Bertz CT molecular complexity index is 767. The maximum atomic E-state index is 13.0. The predicted octanol–water partition coefficient (Wildman–Crippen LogP) is 1.77. The van der Waals surface area contributed by atoms with Gasteiger partial charge in [0.1, 0.15) is 11.9 Å². The molecule has 0 aliphatic carbocycles. The molecule has 1 atom stereocenters. The fraction of sp³-hybridized carbons (Fsp3) is 0.154. The standard InChI is InChI=1S/C13H11FN2O3S2/c14-11-1-2-13(10(5-11)6-15)21(18,19)16-7-12(17)9-3-4-20-8-9/h1-5,8,12,16-17H,7H2/t12-/m0/s1. The molecule has 0 spiro atoms. The van der Waals surface area contributed by atoms with Crippen LogP contribution in [0.3, 0.4) is 0 Å². The molecule has 0 amide bonds. The molecular formula is C13H11FN2O3S2. The van der Waals surface area contributed by atoms with Gasteiger partial charge in [0.05, 0.1) is 16.6 Å². The highest BCUT2D eigenvalue weighted by Gasteiger charge is 2.20. The molecule has 2 aromatic rings. The number of aliphatic hydroxyl groups is 1. The highest BCUT2D eigenvalue weighted by atomic mass is 32.2. The molecule has 21 heavy (non-hydrogen) atoms. The minimum absolute atomic E-state index is 0.235. The Morgan fingerprint density at radius 3 is 2.81 bits per heavy atom. The fourth-order valence-electron chi connectivity index (χ4n) is 1.67. The van der Waals surface area contributed by atoms with E-state index >= 15 is 0 Å². The van der Waals surface area contributed by atoms with Crippen LogP contribution in [-0.2, 0) is 10.0 Å². The number of hydrogen-bond acceptors (Lipinski definition) is 5. The Morgan fingerprint density at radius 1 is 1.43 bits per heavy atom. The van der Waals surface area contributed by atoms with Crippen LogP contribution < -0.4 is 4.72 Å². The van der Waals surface area contributed by atoms with Crippen molar-refractivity contribution < 1.29 is 17.9 Å². The predicted molar refractivity (Wildman–Crippen MR) is 75.6 cm³/mol. The lowest BCUT2D eigenvalue weighted by atomic mass is 10.2. The lowest BCUT2D eigenvalue weighted by Crippen LogP contribution is -2.29. The SMILES string of the molecule is N#Cc1cc(F)ccc1S(=O)(=O)NC[C@H](O)c1ccsc1. The molecule has 2 rings (SSSR count). The van der Waals surface area contributed by atoms with Gasteiger partial charge in [0.15, 0.2) is 0 Å². The van der Waals surface area contributed by atoms with Crippen LogP contribution in [0.2, 0.25) is 0 Å². The maximum absolute atomic E-state index is 13.0. The van der Waals surface area contributed by atoms with Gasteiger partial charge in [-0.25, -0.2) is 17.5 Å². The zero-order chi connectivity index (χ0) is 15.5. The summed E-state index contributed by atoms with van der Waals surface area (Å²) in [7, 11) is -4.00. The summed E-state index contributed by atoms with van der Waals surface area (Å²) < 4.78 is 39.4. The van der Waals surface area contributed by atoms with Crippen molar-refractivity contribution in [3.05, 3.63) is 52.0 Å². The number of halogens is 1. The van der Waals surface area contributed by atoms with Crippen molar-refractivity contribution >= 4 is 21.4 Å². The topological polar surface area (TPSA) is 90.2 Å². The minimum Gasteiger partial charge on any atom is -0.387 e. The summed E-state index contributed by atoms with van der Waals surface area (Å²) in [5.74, 6) is -0.691. The third kappa shape index (κ3) is 3.65. The van der Waals surface area contributed by atoms with Crippen molar-refractivity contribution in [2.45, 2.75) is 11.0 Å². The molecule has 1 aromatic carbocycles. The molecule has 0 bridgehead atoms. The van der Waals surface area contributed by atoms with Gasteiger partial charge in [-0.2, -0.15) is 16.6 Å². The van der Waals surface area contributed by atoms with E-state index in [1.165, 1.54) is 11.3 Å². The van der Waals surface area contributed by atoms with E-state index in [0.717, 1.165) is 18.2 Å². The Balaban J connectivity index is 2.18. The van der Waals surface area contributed by atoms with Crippen molar-refractivity contribution in [3.8, 4) is 6.07 Å². The molecule has 0 aliphatic heterocycles. The van der Waals surface area contributed by atoms with Crippen LogP contribution in [0.4, 0.5) is 4.39 Å². The molecule has 0 fully saturated rings.